The molecule has 3 aromatic carbocycles. The van der Waals surface area contributed by atoms with Crippen molar-refractivity contribution < 1.29 is 74.4 Å². The zero-order valence-electron chi connectivity index (χ0n) is 60.7. The molecule has 4 saturated heterocycles. The lowest BCUT2D eigenvalue weighted by Gasteiger charge is -2.51. The number of benzene rings is 3. The number of rotatable bonds is 11. The highest BCUT2D eigenvalue weighted by Crippen LogP contribution is 2.50. The van der Waals surface area contributed by atoms with Crippen LogP contribution < -0.4 is 10.1 Å². The maximum Gasteiger partial charge on any atom is 0.501 e. The maximum atomic E-state index is 13.3. The zero-order chi connectivity index (χ0) is 74.8. The van der Waals surface area contributed by atoms with Gasteiger partial charge in [-0.3, -0.25) is 43.9 Å². The molecule has 26 heteroatoms. The lowest BCUT2D eigenvalue weighted by atomic mass is 9.79. The number of alkyl halides is 6. The summed E-state index contributed by atoms with van der Waals surface area (Å²) in [5.41, 5.74) is 0.315. The van der Waals surface area contributed by atoms with Crippen molar-refractivity contribution in [2.75, 3.05) is 79.7 Å². The molecule has 6 aromatic rings. The second-order valence-corrected chi connectivity index (χ2v) is 33.2. The molecule has 105 heavy (non-hydrogen) atoms. The quantitative estimate of drug-likeness (QED) is 0.0950. The Bertz CT molecular complexity index is 4360. The Morgan fingerprint density at radius 2 is 0.962 bits per heavy atom. The van der Waals surface area contributed by atoms with Crippen molar-refractivity contribution in [2.24, 2.45) is 5.41 Å². The molecular formula is C79H97F6N9O10S. The van der Waals surface area contributed by atoms with Crippen molar-refractivity contribution in [3.8, 4) is 5.75 Å². The van der Waals surface area contributed by atoms with Gasteiger partial charge in [-0.15, -0.1) is 0 Å². The normalized spacial score (nSPS) is 21.4. The number of ether oxygens (including phenoxy) is 2. The third-order valence-electron chi connectivity index (χ3n) is 24.1. The molecule has 3 aromatic heterocycles. The van der Waals surface area contributed by atoms with Gasteiger partial charge in [0.1, 0.15) is 11.9 Å². The highest BCUT2D eigenvalue weighted by molar-refractivity contribution is 7.92. The third-order valence-corrected chi connectivity index (χ3v) is 25.6. The Balaban J connectivity index is 0.000000148. The van der Waals surface area contributed by atoms with Crippen LogP contribution in [0.4, 0.5) is 26.3 Å². The second kappa shape index (κ2) is 29.0. The van der Waals surface area contributed by atoms with Gasteiger partial charge in [-0.05, 0) is 201 Å². The minimum absolute atomic E-state index is 0. The van der Waals surface area contributed by atoms with E-state index in [2.05, 4.69) is 63.3 Å². The summed E-state index contributed by atoms with van der Waals surface area (Å²) in [4.78, 5) is 85.7. The Hall–Kier alpha value is -7.91. The van der Waals surface area contributed by atoms with Gasteiger partial charge in [0.2, 0.25) is 0 Å². The van der Waals surface area contributed by atoms with E-state index in [9.17, 15) is 63.5 Å². The second-order valence-electron chi connectivity index (χ2n) is 31.2. The molecule has 566 valence electrons. The van der Waals surface area contributed by atoms with E-state index in [4.69, 9.17) is 9.47 Å². The fourth-order valence-electron chi connectivity index (χ4n) is 17.7. The van der Waals surface area contributed by atoms with Crippen LogP contribution >= 0.6 is 0 Å². The van der Waals surface area contributed by atoms with Gasteiger partial charge in [-0.25, -0.2) is 8.42 Å². The molecule has 15 rings (SSSR count). The van der Waals surface area contributed by atoms with Crippen LogP contribution in [0.5, 0.6) is 5.75 Å². The van der Waals surface area contributed by atoms with E-state index in [0.29, 0.717) is 108 Å². The number of nitrogens with zero attached hydrogens (tertiary/aromatic N) is 8. The van der Waals surface area contributed by atoms with Gasteiger partial charge >= 0.3 is 11.7 Å². The predicted molar refractivity (Wildman–Crippen MR) is 383 cm³/mol. The number of aromatic nitrogens is 3. The number of likely N-dealkylation sites (N-methyl/N-ethyl adjacent to an activating group) is 2. The zero-order valence-corrected chi connectivity index (χ0v) is 61.5. The van der Waals surface area contributed by atoms with Gasteiger partial charge in [0.15, 0.2) is 11.6 Å². The predicted octanol–water partition coefficient (Wildman–Crippen LogP) is 13.2. The van der Waals surface area contributed by atoms with Gasteiger partial charge in [-0.1, -0.05) is 38.3 Å². The van der Waals surface area contributed by atoms with Crippen LogP contribution in [-0.2, 0) is 50.8 Å². The topological polar surface area (TPSA) is 198 Å². The minimum atomic E-state index is -5.46. The van der Waals surface area contributed by atoms with Crippen molar-refractivity contribution >= 4 is 44.9 Å². The van der Waals surface area contributed by atoms with E-state index < -0.39 is 37.7 Å². The largest absolute Gasteiger partial charge is 0.501 e. The third kappa shape index (κ3) is 14.8. The van der Waals surface area contributed by atoms with E-state index in [1.807, 2.05) is 61.3 Å². The lowest BCUT2D eigenvalue weighted by Crippen LogP contribution is -2.63. The summed E-state index contributed by atoms with van der Waals surface area (Å²) in [7, 11) is -1.46. The summed E-state index contributed by atoms with van der Waals surface area (Å²) in [5, 5.41) is 3.89. The summed E-state index contributed by atoms with van der Waals surface area (Å²) in [5.74, 6) is -0.424. The Labute approximate surface area is 610 Å². The number of amides is 3. The summed E-state index contributed by atoms with van der Waals surface area (Å²) in [6.45, 7) is 15.8. The van der Waals surface area contributed by atoms with Crippen LogP contribution in [0.3, 0.4) is 0 Å². The standard InChI is InChI=1S/C28H37N3O2.C26H30F3N3O4.C25H28F3N3O4S.H2/c1-20(32)24-13-14-25-28(29-27(2,3)19-31(24)25)15-17-30(18-16-28)26(33)23-11-9-22(10-12-23)21-7-5-4-6-8-21;1-30-14-15-32-21(23(33)26(27,28)29)6-7-22(32)25(30)10-12-31(13-11-25)24(34)18-2-4-19(5-3-18)36-20-8-16-35-17-9-20;1-23(9-10-23)21(32)19-7-8-20-24(29(2)15-16-31(19)20)11-13-30(14-12-24)22(33)17-3-5-18(6-4-17)36(34,35)25(26,27)28;/h9-14,21,29H,4-8,15-19H2,1-3H3;2-7,20H,8-17H2,1H3;3-8H,9-16H2,1-2H3;1H. The first-order valence-electron chi connectivity index (χ1n) is 37.0. The van der Waals surface area contributed by atoms with Gasteiger partial charge in [0.05, 0.1) is 51.8 Å². The molecule has 19 nitrogen and oxygen atoms in total. The molecule has 2 aliphatic carbocycles. The Morgan fingerprint density at radius 1 is 0.514 bits per heavy atom. The van der Waals surface area contributed by atoms with E-state index in [1.54, 1.807) is 34.9 Å². The van der Waals surface area contributed by atoms with Gasteiger partial charge in [0.25, 0.3) is 33.3 Å². The molecule has 0 unspecified atom stereocenters. The van der Waals surface area contributed by atoms with E-state index in [-0.39, 0.29) is 70.1 Å². The van der Waals surface area contributed by atoms with E-state index >= 15 is 0 Å². The molecule has 1 N–H and O–H groups in total. The highest BCUT2D eigenvalue weighted by Gasteiger charge is 2.53. The van der Waals surface area contributed by atoms with Crippen LogP contribution in [0.15, 0.2) is 114 Å². The van der Waals surface area contributed by atoms with Gasteiger partial charge in [0, 0.05) is 138 Å². The average Bonchev–Trinajstić information content (AvgIpc) is 1.46. The monoisotopic (exact) mass is 1480 g/mol. The number of likely N-dealkylation sites (tertiary alicyclic amines) is 3. The van der Waals surface area contributed by atoms with Crippen molar-refractivity contribution in [1.82, 2.24) is 43.5 Å². The van der Waals surface area contributed by atoms with Crippen LogP contribution in [0.1, 0.15) is 217 Å². The number of sulfone groups is 1. The number of halogens is 6. The van der Waals surface area contributed by atoms with Crippen LogP contribution in [-0.4, -0.2) is 185 Å². The van der Waals surface area contributed by atoms with Crippen molar-refractivity contribution in [2.45, 2.75) is 194 Å². The number of hydrogen-bond donors (Lipinski definition) is 1. The summed E-state index contributed by atoms with van der Waals surface area (Å²) >= 11 is 0. The van der Waals surface area contributed by atoms with Gasteiger partial charge in [-0.2, -0.15) is 26.3 Å². The van der Waals surface area contributed by atoms with E-state index in [0.717, 1.165) is 111 Å². The lowest BCUT2D eigenvalue weighted by molar-refractivity contribution is -0.0893. The molecule has 3 amide bonds. The SMILES string of the molecule is CC(=O)c1ccc2n1CC(C)(C)NC21CCN(C(=O)c2ccc(C3CCCCC3)cc2)CC1.CN1CCn2c(C(=O)C(F)(F)F)ccc2C12CCN(C(=O)c1ccc(OC3CCOCC3)cc1)CC2.CN1CCn2c(C(=O)C3(C)CC3)ccc2C12CCN(C(=O)c1ccc(S(=O)(=O)C(F)(F)F)cc1)CC2.[HH]. The fourth-order valence-corrected chi connectivity index (χ4v) is 18.4. The molecule has 0 bridgehead atoms. The number of fused-ring (bicyclic) bond motifs is 6. The summed E-state index contributed by atoms with van der Waals surface area (Å²) < 4.78 is 118. The number of Topliss-reactive ketones (excluding diaryl/α,β-unsaturated/α-hetero) is 3. The molecule has 0 atom stereocenters. The van der Waals surface area contributed by atoms with Crippen LogP contribution in [0, 0.1) is 5.41 Å². The van der Waals surface area contributed by atoms with Crippen molar-refractivity contribution in [3.05, 3.63) is 166 Å². The maximum absolute atomic E-state index is 13.3. The Kier molecular flexibility index (Phi) is 20.8. The van der Waals surface area contributed by atoms with Crippen molar-refractivity contribution in [3.63, 3.8) is 0 Å². The first-order chi connectivity index (χ1) is 49.8. The fraction of sp³-hybridized carbons (Fsp3) is 0.544. The van der Waals surface area contributed by atoms with Crippen LogP contribution in [0.25, 0.3) is 0 Å². The number of hydrogen-bond acceptors (Lipinski definition) is 13. The molecule has 6 fully saturated rings. The smallest absolute Gasteiger partial charge is 0.490 e. The molecule has 10 heterocycles. The summed E-state index contributed by atoms with van der Waals surface area (Å²) in [6, 6.07) is 30.4. The number of carbonyl (C=O) groups excluding carboxylic acids is 6. The molecule has 7 aliphatic heterocycles. The first kappa shape index (κ1) is 75.3. The number of ketones is 3. The highest BCUT2D eigenvalue weighted by atomic mass is 32.2. The number of carbonyl (C=O) groups is 6. The number of nitrogens with one attached hydrogen (secondary N) is 1. The molecule has 0 radical (unpaired) electrons. The minimum Gasteiger partial charge on any atom is -0.490 e. The molecule has 3 spiro atoms. The average molecular weight is 1480 g/mol. The van der Waals surface area contributed by atoms with E-state index in [1.165, 1.54) is 54.0 Å². The number of piperidine rings is 3. The Morgan fingerprint density at radius 3 is 1.44 bits per heavy atom. The summed E-state index contributed by atoms with van der Waals surface area (Å²) in [6.07, 6.45) is 9.42. The van der Waals surface area contributed by atoms with Crippen molar-refractivity contribution in [1.29, 1.82) is 0 Å². The molecule has 9 aliphatic rings. The van der Waals surface area contributed by atoms with Gasteiger partial charge < -0.3 is 37.9 Å². The molecule has 2 saturated carbocycles. The first-order valence-corrected chi connectivity index (χ1v) is 38.5. The molecular weight excluding hydrogens is 1380 g/mol. The van der Waals surface area contributed by atoms with Crippen LogP contribution in [0.2, 0.25) is 0 Å².